The van der Waals surface area contributed by atoms with Crippen LogP contribution in [0.4, 0.5) is 0 Å². The van der Waals surface area contributed by atoms with Crippen LogP contribution in [-0.4, -0.2) is 179 Å². The van der Waals surface area contributed by atoms with Crippen LogP contribution in [0.2, 0.25) is 0 Å². The summed E-state index contributed by atoms with van der Waals surface area (Å²) in [6, 6.07) is 7.75. The number of carbonyl (C=O) groups excluding carboxylic acids is 1. The maximum absolute atomic E-state index is 13.3. The largest absolute Gasteiger partial charge is 0.504 e. The van der Waals surface area contributed by atoms with Crippen molar-refractivity contribution >= 4 is 12.0 Å². The lowest BCUT2D eigenvalue weighted by atomic mass is 9.96. The van der Waals surface area contributed by atoms with Gasteiger partial charge in [-0.1, -0.05) is 12.1 Å². The number of esters is 1. The number of carbonyl (C=O) groups is 1. The number of aliphatic hydroxyl groups excluding tert-OH is 8. The van der Waals surface area contributed by atoms with Crippen molar-refractivity contribution < 1.29 is 99.2 Å². The van der Waals surface area contributed by atoms with Gasteiger partial charge in [-0.15, -0.1) is 0 Å². The van der Waals surface area contributed by atoms with E-state index in [1.54, 1.807) is 0 Å². The molecule has 2 aromatic rings. The minimum Gasteiger partial charge on any atom is -0.504 e. The third-order valence-electron chi connectivity index (χ3n) is 9.36. The van der Waals surface area contributed by atoms with E-state index in [0.29, 0.717) is 5.56 Å². The van der Waals surface area contributed by atoms with E-state index in [4.69, 9.17) is 33.2 Å². The zero-order valence-electron chi connectivity index (χ0n) is 29.2. The Morgan fingerprint density at radius 3 is 1.96 bits per heavy atom. The summed E-state index contributed by atoms with van der Waals surface area (Å²) in [6.45, 7) is -0.254. The fraction of sp³-hybridized carbons (Fsp3) is 0.571. The Morgan fingerprint density at radius 1 is 0.673 bits per heavy atom. The van der Waals surface area contributed by atoms with E-state index in [9.17, 15) is 66.1 Å². The summed E-state index contributed by atoms with van der Waals surface area (Å²) in [7, 11) is 0. The van der Waals surface area contributed by atoms with Gasteiger partial charge in [-0.3, -0.25) is 0 Å². The Kier molecular flexibility index (Phi) is 14.3. The summed E-state index contributed by atoms with van der Waals surface area (Å²) < 4.78 is 40.2. The summed E-state index contributed by atoms with van der Waals surface area (Å²) in [4.78, 5) is 13.3. The second-order valence-electron chi connectivity index (χ2n) is 13.3. The third kappa shape index (κ3) is 10.0. The first-order valence-corrected chi connectivity index (χ1v) is 17.2. The van der Waals surface area contributed by atoms with Gasteiger partial charge in [-0.25, -0.2) is 4.79 Å². The molecule has 20 heteroatoms. The number of aliphatic hydroxyl groups is 8. The summed E-state index contributed by atoms with van der Waals surface area (Å²) in [6.07, 6.45) is -22.6. The maximum atomic E-state index is 13.3. The molecule has 2 aromatic carbocycles. The first kappa shape index (κ1) is 42.4. The van der Waals surface area contributed by atoms with Crippen molar-refractivity contribution in [3.63, 3.8) is 0 Å². The summed E-state index contributed by atoms with van der Waals surface area (Å²) in [5, 5.41) is 123. The van der Waals surface area contributed by atoms with Gasteiger partial charge in [0.1, 0.15) is 61.0 Å². The van der Waals surface area contributed by atoms with Gasteiger partial charge in [0.05, 0.1) is 25.9 Å². The van der Waals surface area contributed by atoms with Gasteiger partial charge in [0.15, 0.2) is 48.0 Å². The molecule has 55 heavy (non-hydrogen) atoms. The van der Waals surface area contributed by atoms with Crippen LogP contribution in [0.15, 0.2) is 42.5 Å². The highest BCUT2D eigenvalue weighted by molar-refractivity contribution is 5.87. The quantitative estimate of drug-likeness (QED) is 0.0541. The summed E-state index contributed by atoms with van der Waals surface area (Å²) >= 11 is 0. The first-order chi connectivity index (χ1) is 26.1. The van der Waals surface area contributed by atoms with Crippen LogP contribution >= 0.6 is 0 Å². The number of benzene rings is 2. The van der Waals surface area contributed by atoms with Gasteiger partial charge in [0, 0.05) is 6.08 Å². The maximum Gasteiger partial charge on any atom is 0.331 e. The van der Waals surface area contributed by atoms with E-state index >= 15 is 0 Å². The van der Waals surface area contributed by atoms with Gasteiger partial charge in [-0.2, -0.15) is 0 Å². The number of phenols is 4. The van der Waals surface area contributed by atoms with Crippen molar-refractivity contribution in [1.29, 1.82) is 0 Å². The molecule has 12 N–H and O–H groups in total. The fourth-order valence-corrected chi connectivity index (χ4v) is 6.14. The lowest BCUT2D eigenvalue weighted by Gasteiger charge is -2.47. The lowest BCUT2D eigenvalue weighted by Crippen LogP contribution is -2.65. The topological polar surface area (TPSA) is 324 Å². The molecule has 3 aliphatic rings. The van der Waals surface area contributed by atoms with Crippen LogP contribution in [0.5, 0.6) is 23.0 Å². The van der Waals surface area contributed by atoms with E-state index in [1.807, 2.05) is 0 Å². The van der Waals surface area contributed by atoms with Crippen LogP contribution < -0.4 is 0 Å². The smallest absolute Gasteiger partial charge is 0.331 e. The molecule has 5 rings (SSSR count). The molecular weight excluding hydrogens is 740 g/mol. The van der Waals surface area contributed by atoms with Crippen LogP contribution in [-0.2, 0) is 44.4 Å². The molecule has 0 aromatic heterocycles. The Morgan fingerprint density at radius 2 is 1.29 bits per heavy atom. The van der Waals surface area contributed by atoms with Gasteiger partial charge in [-0.05, 0) is 54.8 Å². The van der Waals surface area contributed by atoms with Crippen molar-refractivity contribution in [2.24, 2.45) is 0 Å². The molecule has 3 aliphatic heterocycles. The molecule has 20 nitrogen and oxygen atoms in total. The number of phenolic OH excluding ortho intramolecular Hbond substituents is 4. The summed E-state index contributed by atoms with van der Waals surface area (Å²) in [5.74, 6) is -2.71. The van der Waals surface area contributed by atoms with E-state index in [0.717, 1.165) is 12.1 Å². The van der Waals surface area contributed by atoms with Crippen molar-refractivity contribution in [2.75, 3.05) is 19.8 Å². The van der Waals surface area contributed by atoms with E-state index in [-0.39, 0.29) is 30.1 Å². The van der Waals surface area contributed by atoms with Gasteiger partial charge >= 0.3 is 5.97 Å². The SMILES string of the molecule is C[C@@H]1O[C@@H](O[C@@H]2[C@@H](O)[C@@H](OCCc3ccc(O)c(O)c3)O[C@H](CO[C@H]3O[C@@H](CO)[C@H](O)[C@@H](O)[C@@H]3O)[C@H]2OC(=O)/C=C/c2ccc(O)c(O)c2)[C@H](O)[C@H](O)[C@H]1O. The molecule has 3 fully saturated rings. The molecule has 0 amide bonds. The second-order valence-corrected chi connectivity index (χ2v) is 13.3. The van der Waals surface area contributed by atoms with Crippen LogP contribution in [0.1, 0.15) is 18.1 Å². The van der Waals surface area contributed by atoms with Crippen molar-refractivity contribution in [2.45, 2.75) is 105 Å². The molecule has 0 bridgehead atoms. The fourth-order valence-electron chi connectivity index (χ4n) is 6.14. The molecule has 3 heterocycles. The second kappa shape index (κ2) is 18.5. The zero-order chi connectivity index (χ0) is 40.1. The summed E-state index contributed by atoms with van der Waals surface area (Å²) in [5.41, 5.74) is 0.773. The van der Waals surface area contributed by atoms with Crippen molar-refractivity contribution in [3.05, 3.63) is 53.6 Å². The Labute approximate surface area is 313 Å². The zero-order valence-corrected chi connectivity index (χ0v) is 29.2. The number of aromatic hydroxyl groups is 4. The van der Waals surface area contributed by atoms with E-state index in [2.05, 4.69) is 0 Å². The first-order valence-electron chi connectivity index (χ1n) is 17.2. The average molecular weight is 787 g/mol. The standard InChI is InChI=1S/C35H46O20/c1-14-24(42)26(44)29(47)35(51-14)55-32-30(48)34(49-9-8-16-3-6-18(38)20(40)11-16)53-22(13-50-33-28(46)27(45)25(43)21(12-36)52-33)31(32)54-23(41)7-4-15-2-5-17(37)19(39)10-15/h2-7,10-11,14,21-22,24-40,42-48H,8-9,12-13H2,1H3/b7-4+/t14-,21-,22+,24-,25-,26+,27+,28-,29+,30+,31+,32+,33-,34-,35-/m0/s1. The minimum atomic E-state index is -1.88. The molecule has 3 saturated heterocycles. The van der Waals surface area contributed by atoms with Gasteiger partial charge < -0.3 is 94.4 Å². The molecule has 15 atom stereocenters. The van der Waals surface area contributed by atoms with Crippen molar-refractivity contribution in [1.82, 2.24) is 0 Å². The minimum absolute atomic E-state index is 0.111. The highest BCUT2D eigenvalue weighted by Crippen LogP contribution is 2.33. The highest BCUT2D eigenvalue weighted by Gasteiger charge is 2.53. The predicted molar refractivity (Wildman–Crippen MR) is 180 cm³/mol. The van der Waals surface area contributed by atoms with Crippen LogP contribution in [0.3, 0.4) is 0 Å². The number of hydrogen-bond donors (Lipinski definition) is 12. The van der Waals surface area contributed by atoms with Crippen molar-refractivity contribution in [3.8, 4) is 23.0 Å². The number of ether oxygens (including phenoxy) is 7. The number of hydrogen-bond acceptors (Lipinski definition) is 20. The monoisotopic (exact) mass is 786 g/mol. The van der Waals surface area contributed by atoms with E-state index < -0.39 is 123 Å². The molecule has 0 saturated carbocycles. The van der Waals surface area contributed by atoms with Crippen LogP contribution in [0, 0.1) is 0 Å². The third-order valence-corrected chi connectivity index (χ3v) is 9.36. The Hall–Kier alpha value is -3.71. The molecule has 0 unspecified atom stereocenters. The Bertz CT molecular complexity index is 1610. The van der Waals surface area contributed by atoms with Crippen LogP contribution in [0.25, 0.3) is 6.08 Å². The molecule has 0 aliphatic carbocycles. The van der Waals surface area contributed by atoms with Gasteiger partial charge in [0.2, 0.25) is 0 Å². The molecule has 306 valence electrons. The number of rotatable bonds is 13. The highest BCUT2D eigenvalue weighted by atomic mass is 16.8. The average Bonchev–Trinajstić information content (AvgIpc) is 3.16. The Balaban J connectivity index is 1.43. The lowest BCUT2D eigenvalue weighted by molar-refractivity contribution is -0.364. The normalized spacial score (nSPS) is 36.9. The van der Waals surface area contributed by atoms with E-state index in [1.165, 1.54) is 43.3 Å². The van der Waals surface area contributed by atoms with Gasteiger partial charge in [0.25, 0.3) is 0 Å². The predicted octanol–water partition coefficient (Wildman–Crippen LogP) is -3.19. The molecular formula is C35H46O20. The molecule has 0 radical (unpaired) electrons. The molecule has 0 spiro atoms.